The molecule has 0 bridgehead atoms. The van der Waals surface area contributed by atoms with E-state index in [4.69, 9.17) is 0 Å². The quantitative estimate of drug-likeness (QED) is 0.606. The molecule has 0 aromatic heterocycles. The summed E-state index contributed by atoms with van der Waals surface area (Å²) in [6.07, 6.45) is 1.88. The van der Waals surface area contributed by atoms with Gasteiger partial charge < -0.3 is 5.32 Å². The number of thioether (sulfide) groups is 1. The van der Waals surface area contributed by atoms with Crippen LogP contribution in [0.4, 0.5) is 11.4 Å². The summed E-state index contributed by atoms with van der Waals surface area (Å²) in [5.41, 5.74) is 0.0209. The normalized spacial score (nSPS) is 11.6. The molecular formula is C11H17N3O4S2. The van der Waals surface area contributed by atoms with Crippen LogP contribution in [0.2, 0.25) is 0 Å². The summed E-state index contributed by atoms with van der Waals surface area (Å²) in [4.78, 5) is 10.3. The van der Waals surface area contributed by atoms with Gasteiger partial charge >= 0.3 is 0 Å². The molecule has 7 nitrogen and oxygen atoms in total. The minimum absolute atomic E-state index is 0.0770. The first-order chi connectivity index (χ1) is 9.34. The lowest BCUT2D eigenvalue weighted by Gasteiger charge is -2.16. The summed E-state index contributed by atoms with van der Waals surface area (Å²) in [6, 6.07) is 3.84. The second-order valence-electron chi connectivity index (χ2n) is 4.01. The van der Waals surface area contributed by atoms with Crippen LogP contribution in [-0.4, -0.2) is 50.3 Å². The van der Waals surface area contributed by atoms with Gasteiger partial charge in [0.05, 0.1) is 9.82 Å². The van der Waals surface area contributed by atoms with E-state index in [-0.39, 0.29) is 16.3 Å². The number of rotatable bonds is 7. The molecule has 0 aliphatic rings. The molecule has 1 aromatic rings. The molecule has 0 amide bonds. The van der Waals surface area contributed by atoms with Crippen LogP contribution in [-0.2, 0) is 10.0 Å². The third kappa shape index (κ3) is 3.62. The molecule has 0 unspecified atom stereocenters. The molecule has 0 radical (unpaired) electrons. The van der Waals surface area contributed by atoms with Crippen molar-refractivity contribution in [3.63, 3.8) is 0 Å². The molecule has 0 heterocycles. The Labute approximate surface area is 122 Å². The number of nitrogens with one attached hydrogen (secondary N) is 1. The predicted octanol–water partition coefficient (Wildman–Crippen LogP) is 1.62. The second-order valence-corrected chi connectivity index (χ2v) is 7.04. The fourth-order valence-corrected chi connectivity index (χ4v) is 3.32. The largest absolute Gasteiger partial charge is 0.383 e. The number of nitrogens with zero attached hydrogens (tertiary/aromatic N) is 2. The van der Waals surface area contributed by atoms with E-state index >= 15 is 0 Å². The van der Waals surface area contributed by atoms with E-state index in [9.17, 15) is 18.5 Å². The smallest absolute Gasteiger partial charge is 0.293 e. The molecule has 9 heteroatoms. The van der Waals surface area contributed by atoms with Crippen LogP contribution in [0.5, 0.6) is 0 Å². The van der Waals surface area contributed by atoms with Crippen molar-refractivity contribution in [2.24, 2.45) is 0 Å². The van der Waals surface area contributed by atoms with Gasteiger partial charge in [0, 0.05) is 32.5 Å². The number of anilines is 1. The van der Waals surface area contributed by atoms with E-state index in [0.29, 0.717) is 12.3 Å². The third-order valence-corrected chi connectivity index (χ3v) is 5.20. The number of hydrogen-bond donors (Lipinski definition) is 1. The minimum atomic E-state index is -3.70. The first-order valence-electron chi connectivity index (χ1n) is 5.76. The second kappa shape index (κ2) is 6.91. The van der Waals surface area contributed by atoms with Crippen molar-refractivity contribution in [2.75, 3.05) is 38.0 Å². The SMILES string of the molecule is CNc1ccc(S(=O)(=O)N(C)CCSC)cc1[N+](=O)[O-]. The van der Waals surface area contributed by atoms with Gasteiger partial charge in [0.15, 0.2) is 0 Å². The van der Waals surface area contributed by atoms with Crippen molar-refractivity contribution in [1.82, 2.24) is 4.31 Å². The molecule has 1 aromatic carbocycles. The van der Waals surface area contributed by atoms with Gasteiger partial charge in [-0.25, -0.2) is 12.7 Å². The summed E-state index contributed by atoms with van der Waals surface area (Å²) in [5.74, 6) is 0.659. The molecule has 0 spiro atoms. The lowest BCUT2D eigenvalue weighted by Crippen LogP contribution is -2.29. The highest BCUT2D eigenvalue weighted by atomic mass is 32.2. The van der Waals surface area contributed by atoms with E-state index in [1.54, 1.807) is 7.05 Å². The van der Waals surface area contributed by atoms with Gasteiger partial charge in [0.1, 0.15) is 5.69 Å². The molecule has 0 saturated carbocycles. The van der Waals surface area contributed by atoms with E-state index in [1.165, 1.54) is 35.2 Å². The van der Waals surface area contributed by atoms with E-state index in [2.05, 4.69) is 5.32 Å². The summed E-state index contributed by atoms with van der Waals surface area (Å²) in [6.45, 7) is 0.352. The molecule has 0 saturated heterocycles. The van der Waals surface area contributed by atoms with Crippen LogP contribution < -0.4 is 5.32 Å². The molecule has 20 heavy (non-hydrogen) atoms. The third-order valence-electron chi connectivity index (χ3n) is 2.75. The van der Waals surface area contributed by atoms with Crippen molar-refractivity contribution in [3.8, 4) is 0 Å². The highest BCUT2D eigenvalue weighted by molar-refractivity contribution is 7.98. The Balaban J connectivity index is 3.19. The van der Waals surface area contributed by atoms with Crippen molar-refractivity contribution in [1.29, 1.82) is 0 Å². The Morgan fingerprint density at radius 1 is 1.45 bits per heavy atom. The lowest BCUT2D eigenvalue weighted by molar-refractivity contribution is -0.384. The number of hydrogen-bond acceptors (Lipinski definition) is 6. The maximum Gasteiger partial charge on any atom is 0.293 e. The average molecular weight is 319 g/mol. The standard InChI is InChI=1S/C11H17N3O4S2/c1-12-10-5-4-9(8-11(10)14(15)16)20(17,18)13(2)6-7-19-3/h4-5,8,12H,6-7H2,1-3H3. The summed E-state index contributed by atoms with van der Waals surface area (Å²) >= 11 is 1.53. The van der Waals surface area contributed by atoms with Gasteiger partial charge in [0.2, 0.25) is 10.0 Å². The molecule has 0 atom stereocenters. The Hall–Kier alpha value is -1.32. The first-order valence-corrected chi connectivity index (χ1v) is 8.59. The van der Waals surface area contributed by atoms with Crippen LogP contribution in [0, 0.1) is 10.1 Å². The van der Waals surface area contributed by atoms with Crippen molar-refractivity contribution in [3.05, 3.63) is 28.3 Å². The van der Waals surface area contributed by atoms with Gasteiger partial charge in [-0.15, -0.1) is 0 Å². The zero-order valence-electron chi connectivity index (χ0n) is 11.5. The van der Waals surface area contributed by atoms with Crippen LogP contribution in [0.25, 0.3) is 0 Å². The van der Waals surface area contributed by atoms with Crippen molar-refractivity contribution < 1.29 is 13.3 Å². The van der Waals surface area contributed by atoms with Crippen LogP contribution >= 0.6 is 11.8 Å². The maximum atomic E-state index is 12.3. The lowest BCUT2D eigenvalue weighted by atomic mass is 10.3. The maximum absolute atomic E-state index is 12.3. The number of benzene rings is 1. The fourth-order valence-electron chi connectivity index (χ4n) is 1.55. The van der Waals surface area contributed by atoms with Crippen LogP contribution in [0.1, 0.15) is 0 Å². The average Bonchev–Trinajstić information content (AvgIpc) is 2.43. The minimum Gasteiger partial charge on any atom is -0.383 e. The van der Waals surface area contributed by atoms with E-state index in [0.717, 1.165) is 6.07 Å². The van der Waals surface area contributed by atoms with Crippen LogP contribution in [0.3, 0.4) is 0 Å². The zero-order chi connectivity index (χ0) is 15.3. The predicted molar refractivity (Wildman–Crippen MR) is 80.8 cm³/mol. The van der Waals surface area contributed by atoms with Crippen molar-refractivity contribution >= 4 is 33.2 Å². The first kappa shape index (κ1) is 16.7. The number of nitro groups is 1. The highest BCUT2D eigenvalue weighted by Gasteiger charge is 2.24. The van der Waals surface area contributed by atoms with Crippen molar-refractivity contribution in [2.45, 2.75) is 4.90 Å². The number of nitro benzene ring substituents is 1. The molecule has 0 aliphatic carbocycles. The summed E-state index contributed by atoms with van der Waals surface area (Å²) in [7, 11) is -0.700. The Kier molecular flexibility index (Phi) is 5.78. The molecule has 1 N–H and O–H groups in total. The molecule has 0 aliphatic heterocycles. The molecular weight excluding hydrogens is 302 g/mol. The Morgan fingerprint density at radius 3 is 2.60 bits per heavy atom. The summed E-state index contributed by atoms with van der Waals surface area (Å²) in [5, 5.41) is 13.6. The zero-order valence-corrected chi connectivity index (χ0v) is 13.1. The fraction of sp³-hybridized carbons (Fsp3) is 0.455. The Bertz CT molecular complexity index is 589. The van der Waals surface area contributed by atoms with Gasteiger partial charge in [-0.1, -0.05) is 0 Å². The molecule has 112 valence electrons. The Morgan fingerprint density at radius 2 is 2.10 bits per heavy atom. The van der Waals surface area contributed by atoms with Gasteiger partial charge in [-0.2, -0.15) is 11.8 Å². The number of sulfonamides is 1. The van der Waals surface area contributed by atoms with Gasteiger partial charge in [-0.3, -0.25) is 10.1 Å². The topological polar surface area (TPSA) is 92.6 Å². The highest BCUT2D eigenvalue weighted by Crippen LogP contribution is 2.28. The summed E-state index contributed by atoms with van der Waals surface area (Å²) < 4.78 is 25.8. The molecule has 1 rings (SSSR count). The van der Waals surface area contributed by atoms with Crippen LogP contribution in [0.15, 0.2) is 23.1 Å². The monoisotopic (exact) mass is 319 g/mol. The van der Waals surface area contributed by atoms with Gasteiger partial charge in [0.25, 0.3) is 5.69 Å². The van der Waals surface area contributed by atoms with E-state index < -0.39 is 14.9 Å². The van der Waals surface area contributed by atoms with E-state index in [1.807, 2.05) is 6.26 Å². The van der Waals surface area contributed by atoms with Gasteiger partial charge in [-0.05, 0) is 18.4 Å². The molecule has 0 fully saturated rings.